The number of amides is 1. The molecule has 0 aromatic heterocycles. The quantitative estimate of drug-likeness (QED) is 0.709. The molecule has 0 bridgehead atoms. The molecule has 0 aromatic carbocycles. The lowest BCUT2D eigenvalue weighted by Gasteiger charge is -2.39. The maximum atomic E-state index is 12.1. The maximum absolute atomic E-state index is 12.1. The molecule has 0 saturated carbocycles. The molecule has 3 heteroatoms. The summed E-state index contributed by atoms with van der Waals surface area (Å²) in [5.74, 6) is 0.805. The molecule has 1 heterocycles. The van der Waals surface area contributed by atoms with Crippen LogP contribution >= 0.6 is 0 Å². The van der Waals surface area contributed by atoms with Crippen LogP contribution in [-0.2, 0) is 4.79 Å². The molecule has 0 unspecified atom stereocenters. The lowest BCUT2D eigenvalue weighted by Crippen LogP contribution is -2.51. The predicted molar refractivity (Wildman–Crippen MR) is 62.7 cm³/mol. The number of hydrogen-bond donors (Lipinski definition) is 0. The zero-order valence-electron chi connectivity index (χ0n) is 10.7. The molecule has 1 fully saturated rings. The lowest BCUT2D eigenvalue weighted by atomic mass is 9.86. The van der Waals surface area contributed by atoms with E-state index in [4.69, 9.17) is 0 Å². The average molecular weight is 212 g/mol. The SMILES string of the molecule is CC(C)[C@]1(C)CCCN1C(=O)CN(C)C. The first-order valence-corrected chi connectivity index (χ1v) is 5.83. The fourth-order valence-electron chi connectivity index (χ4n) is 2.35. The van der Waals surface area contributed by atoms with Crippen LogP contribution in [-0.4, -0.2) is 48.4 Å². The van der Waals surface area contributed by atoms with E-state index in [9.17, 15) is 4.79 Å². The van der Waals surface area contributed by atoms with Crippen LogP contribution in [0.1, 0.15) is 33.6 Å². The molecule has 0 radical (unpaired) electrons. The van der Waals surface area contributed by atoms with Gasteiger partial charge in [-0.15, -0.1) is 0 Å². The fourth-order valence-corrected chi connectivity index (χ4v) is 2.35. The second kappa shape index (κ2) is 4.52. The van der Waals surface area contributed by atoms with E-state index in [1.54, 1.807) is 0 Å². The Morgan fingerprint density at radius 2 is 2.07 bits per heavy atom. The van der Waals surface area contributed by atoms with Crippen molar-refractivity contribution in [3.05, 3.63) is 0 Å². The summed E-state index contributed by atoms with van der Waals surface area (Å²) in [6, 6.07) is 0. The average Bonchev–Trinajstić information content (AvgIpc) is 2.47. The predicted octanol–water partition coefficient (Wildman–Crippen LogP) is 1.59. The largest absolute Gasteiger partial charge is 0.336 e. The van der Waals surface area contributed by atoms with Crippen molar-refractivity contribution in [3.8, 4) is 0 Å². The number of nitrogens with zero attached hydrogens (tertiary/aromatic N) is 2. The Hall–Kier alpha value is -0.570. The summed E-state index contributed by atoms with van der Waals surface area (Å²) in [6.07, 6.45) is 2.29. The van der Waals surface area contributed by atoms with Crippen LogP contribution < -0.4 is 0 Å². The molecule has 88 valence electrons. The number of likely N-dealkylation sites (tertiary alicyclic amines) is 1. The van der Waals surface area contributed by atoms with E-state index in [0.29, 0.717) is 12.5 Å². The first-order valence-electron chi connectivity index (χ1n) is 5.83. The van der Waals surface area contributed by atoms with E-state index in [2.05, 4.69) is 25.7 Å². The topological polar surface area (TPSA) is 23.6 Å². The number of carbonyl (C=O) groups is 1. The van der Waals surface area contributed by atoms with Gasteiger partial charge in [0, 0.05) is 12.1 Å². The molecule has 1 rings (SSSR count). The Morgan fingerprint density at radius 3 is 2.53 bits per heavy atom. The van der Waals surface area contributed by atoms with Crippen LogP contribution in [0.3, 0.4) is 0 Å². The summed E-state index contributed by atoms with van der Waals surface area (Å²) in [6.45, 7) is 8.10. The van der Waals surface area contributed by atoms with Crippen LogP contribution in [0.25, 0.3) is 0 Å². The first kappa shape index (κ1) is 12.5. The van der Waals surface area contributed by atoms with Crippen molar-refractivity contribution in [2.24, 2.45) is 5.92 Å². The zero-order valence-corrected chi connectivity index (χ0v) is 10.7. The highest BCUT2D eigenvalue weighted by Crippen LogP contribution is 2.35. The minimum Gasteiger partial charge on any atom is -0.336 e. The molecule has 0 N–H and O–H groups in total. The number of likely N-dealkylation sites (N-methyl/N-ethyl adjacent to an activating group) is 1. The Bertz CT molecular complexity index is 238. The van der Waals surface area contributed by atoms with Gasteiger partial charge in [-0.05, 0) is 39.8 Å². The summed E-state index contributed by atoms with van der Waals surface area (Å²) in [7, 11) is 3.89. The highest BCUT2D eigenvalue weighted by molar-refractivity contribution is 5.79. The van der Waals surface area contributed by atoms with E-state index in [1.165, 1.54) is 0 Å². The third-order valence-electron chi connectivity index (χ3n) is 3.68. The summed E-state index contributed by atoms with van der Waals surface area (Å²) in [4.78, 5) is 16.1. The summed E-state index contributed by atoms with van der Waals surface area (Å²) >= 11 is 0. The molecule has 1 amide bonds. The Labute approximate surface area is 93.4 Å². The second-order valence-corrected chi connectivity index (χ2v) is 5.40. The molecule has 1 aliphatic rings. The highest BCUT2D eigenvalue weighted by Gasteiger charge is 2.41. The van der Waals surface area contributed by atoms with Gasteiger partial charge in [0.15, 0.2) is 0 Å². The Balaban J connectivity index is 2.72. The molecule has 15 heavy (non-hydrogen) atoms. The van der Waals surface area contributed by atoms with Crippen molar-refractivity contribution in [1.82, 2.24) is 9.80 Å². The standard InChI is InChI=1S/C12H24N2O/c1-10(2)12(3)7-6-8-14(12)11(15)9-13(4)5/h10H,6-9H2,1-5H3/t12-/m0/s1. The van der Waals surface area contributed by atoms with Gasteiger partial charge in [0.1, 0.15) is 0 Å². The molecular weight excluding hydrogens is 188 g/mol. The van der Waals surface area contributed by atoms with Gasteiger partial charge in [-0.25, -0.2) is 0 Å². The molecule has 0 aliphatic carbocycles. The van der Waals surface area contributed by atoms with Crippen molar-refractivity contribution in [2.75, 3.05) is 27.2 Å². The summed E-state index contributed by atoms with van der Waals surface area (Å²) in [5.41, 5.74) is 0.0765. The van der Waals surface area contributed by atoms with Crippen molar-refractivity contribution >= 4 is 5.91 Å². The number of hydrogen-bond acceptors (Lipinski definition) is 2. The van der Waals surface area contributed by atoms with E-state index in [1.807, 2.05) is 19.0 Å². The van der Waals surface area contributed by atoms with Gasteiger partial charge in [0.2, 0.25) is 5.91 Å². The Morgan fingerprint density at radius 1 is 1.47 bits per heavy atom. The smallest absolute Gasteiger partial charge is 0.237 e. The third-order valence-corrected chi connectivity index (χ3v) is 3.68. The monoisotopic (exact) mass is 212 g/mol. The summed E-state index contributed by atoms with van der Waals surface area (Å²) in [5, 5.41) is 0. The van der Waals surface area contributed by atoms with Crippen molar-refractivity contribution in [2.45, 2.75) is 39.2 Å². The van der Waals surface area contributed by atoms with Crippen molar-refractivity contribution in [1.29, 1.82) is 0 Å². The highest BCUT2D eigenvalue weighted by atomic mass is 16.2. The van der Waals surface area contributed by atoms with Gasteiger partial charge in [-0.3, -0.25) is 4.79 Å². The number of rotatable bonds is 3. The van der Waals surface area contributed by atoms with Gasteiger partial charge in [-0.1, -0.05) is 13.8 Å². The molecule has 1 atom stereocenters. The van der Waals surface area contributed by atoms with Gasteiger partial charge in [-0.2, -0.15) is 0 Å². The minimum atomic E-state index is 0.0765. The van der Waals surface area contributed by atoms with E-state index in [-0.39, 0.29) is 11.4 Å². The second-order valence-electron chi connectivity index (χ2n) is 5.40. The Kier molecular flexibility index (Phi) is 3.77. The van der Waals surface area contributed by atoms with Crippen LogP contribution in [0.2, 0.25) is 0 Å². The fraction of sp³-hybridized carbons (Fsp3) is 0.917. The lowest BCUT2D eigenvalue weighted by molar-refractivity contribution is -0.136. The number of carbonyl (C=O) groups excluding carboxylic acids is 1. The molecule has 0 aromatic rings. The van der Waals surface area contributed by atoms with Crippen LogP contribution in [0.4, 0.5) is 0 Å². The first-order chi connectivity index (χ1) is 6.88. The van der Waals surface area contributed by atoms with Crippen LogP contribution in [0, 0.1) is 5.92 Å². The molecule has 1 aliphatic heterocycles. The minimum absolute atomic E-state index is 0.0765. The van der Waals surface area contributed by atoms with Gasteiger partial charge in [0.05, 0.1) is 6.54 Å². The van der Waals surface area contributed by atoms with Crippen molar-refractivity contribution in [3.63, 3.8) is 0 Å². The molecule has 1 saturated heterocycles. The molecule has 0 spiro atoms. The van der Waals surface area contributed by atoms with E-state index in [0.717, 1.165) is 19.4 Å². The normalized spacial score (nSPS) is 26.7. The van der Waals surface area contributed by atoms with Crippen molar-refractivity contribution < 1.29 is 4.79 Å². The van der Waals surface area contributed by atoms with Gasteiger partial charge >= 0.3 is 0 Å². The van der Waals surface area contributed by atoms with E-state index >= 15 is 0 Å². The van der Waals surface area contributed by atoms with Crippen LogP contribution in [0.15, 0.2) is 0 Å². The zero-order chi connectivity index (χ0) is 11.6. The molecular formula is C12H24N2O. The van der Waals surface area contributed by atoms with Crippen LogP contribution in [0.5, 0.6) is 0 Å². The van der Waals surface area contributed by atoms with E-state index < -0.39 is 0 Å². The molecule has 3 nitrogen and oxygen atoms in total. The maximum Gasteiger partial charge on any atom is 0.237 e. The van der Waals surface area contributed by atoms with Gasteiger partial charge < -0.3 is 9.80 Å². The van der Waals surface area contributed by atoms with Gasteiger partial charge in [0.25, 0.3) is 0 Å². The third kappa shape index (κ3) is 2.51. The summed E-state index contributed by atoms with van der Waals surface area (Å²) < 4.78 is 0.